The number of ether oxygens (including phenoxy) is 1. The van der Waals surface area contributed by atoms with Crippen LogP contribution in [0.2, 0.25) is 0 Å². The van der Waals surface area contributed by atoms with Gasteiger partial charge in [0, 0.05) is 11.0 Å². The molecular weight excluding hydrogens is 330 g/mol. The molecule has 3 rings (SSSR count). The molecule has 21 heavy (non-hydrogen) atoms. The number of fused-ring (bicyclic) bond motifs is 1. The second-order valence-electron chi connectivity index (χ2n) is 5.12. The number of amides is 1. The van der Waals surface area contributed by atoms with Crippen molar-refractivity contribution in [2.24, 2.45) is 0 Å². The van der Waals surface area contributed by atoms with Gasteiger partial charge < -0.3 is 10.1 Å². The van der Waals surface area contributed by atoms with E-state index in [2.05, 4.69) is 21.2 Å². The number of hydrogen-bond acceptors (Lipinski definition) is 2. The van der Waals surface area contributed by atoms with Crippen LogP contribution in [0.15, 0.2) is 40.9 Å². The maximum absolute atomic E-state index is 12.2. The minimum atomic E-state index is -0.0464. The molecule has 3 nitrogen and oxygen atoms in total. The predicted octanol–water partition coefficient (Wildman–Crippen LogP) is 3.62. The maximum Gasteiger partial charge on any atom is 0.255 e. The summed E-state index contributed by atoms with van der Waals surface area (Å²) in [6, 6.07) is 11.8. The summed E-state index contributed by atoms with van der Waals surface area (Å²) in [5.41, 5.74) is 3.96. The number of carbonyl (C=O) groups excluding carboxylic acids is 1. The second-order valence-corrected chi connectivity index (χ2v) is 5.97. The first-order valence-corrected chi connectivity index (χ1v) is 7.73. The van der Waals surface area contributed by atoms with Gasteiger partial charge in [0.05, 0.1) is 5.56 Å². The first-order valence-electron chi connectivity index (χ1n) is 6.93. The lowest BCUT2D eigenvalue weighted by molar-refractivity contribution is 0.0940. The zero-order valence-electron chi connectivity index (χ0n) is 11.8. The van der Waals surface area contributed by atoms with Crippen LogP contribution in [0.25, 0.3) is 0 Å². The first-order chi connectivity index (χ1) is 10.2. The molecule has 2 aromatic carbocycles. The summed E-state index contributed by atoms with van der Waals surface area (Å²) in [5.74, 6) is 0.596. The van der Waals surface area contributed by atoms with Crippen molar-refractivity contribution in [3.05, 3.63) is 63.1 Å². The van der Waals surface area contributed by atoms with E-state index in [1.807, 2.05) is 43.3 Å². The van der Waals surface area contributed by atoms with E-state index in [0.717, 1.165) is 27.6 Å². The third-order valence-electron chi connectivity index (χ3n) is 3.74. The fourth-order valence-corrected chi connectivity index (χ4v) is 3.02. The summed E-state index contributed by atoms with van der Waals surface area (Å²) in [6.45, 7) is 3.17. The highest BCUT2D eigenvalue weighted by molar-refractivity contribution is 9.10. The van der Waals surface area contributed by atoms with E-state index in [0.29, 0.717) is 24.5 Å². The quantitative estimate of drug-likeness (QED) is 0.922. The molecule has 0 aliphatic carbocycles. The number of halogens is 1. The largest absolute Gasteiger partial charge is 0.488 e. The first kappa shape index (κ1) is 14.1. The SMILES string of the molecule is Cc1c(Br)cc(OCc2ccccc2)c2c1CCNC2=O. The van der Waals surface area contributed by atoms with Crippen molar-refractivity contribution in [2.75, 3.05) is 6.54 Å². The third kappa shape index (κ3) is 2.81. The molecule has 0 spiro atoms. The Morgan fingerprint density at radius 3 is 2.81 bits per heavy atom. The molecule has 0 aromatic heterocycles. The highest BCUT2D eigenvalue weighted by atomic mass is 79.9. The molecular formula is C17H16BrNO2. The number of nitrogens with one attached hydrogen (secondary N) is 1. The van der Waals surface area contributed by atoms with Crippen molar-refractivity contribution >= 4 is 21.8 Å². The van der Waals surface area contributed by atoms with Gasteiger partial charge in [-0.05, 0) is 36.1 Å². The van der Waals surface area contributed by atoms with Gasteiger partial charge in [-0.2, -0.15) is 0 Å². The van der Waals surface area contributed by atoms with E-state index in [-0.39, 0.29) is 5.91 Å². The Hall–Kier alpha value is -1.81. The molecule has 1 amide bonds. The predicted molar refractivity (Wildman–Crippen MR) is 85.7 cm³/mol. The molecule has 0 radical (unpaired) electrons. The normalized spacial score (nSPS) is 13.5. The van der Waals surface area contributed by atoms with Crippen LogP contribution in [0, 0.1) is 6.92 Å². The molecule has 1 aliphatic rings. The van der Waals surface area contributed by atoms with Gasteiger partial charge >= 0.3 is 0 Å². The highest BCUT2D eigenvalue weighted by Gasteiger charge is 2.24. The van der Waals surface area contributed by atoms with Crippen LogP contribution in [-0.2, 0) is 13.0 Å². The Morgan fingerprint density at radius 2 is 2.05 bits per heavy atom. The minimum absolute atomic E-state index is 0.0464. The number of hydrogen-bond donors (Lipinski definition) is 1. The Balaban J connectivity index is 1.95. The average molecular weight is 346 g/mol. The van der Waals surface area contributed by atoms with Crippen molar-refractivity contribution in [1.82, 2.24) is 5.32 Å². The molecule has 0 unspecified atom stereocenters. The van der Waals surface area contributed by atoms with Crippen LogP contribution >= 0.6 is 15.9 Å². The summed E-state index contributed by atoms with van der Waals surface area (Å²) >= 11 is 3.56. The van der Waals surface area contributed by atoms with Gasteiger partial charge in [0.2, 0.25) is 0 Å². The molecule has 1 N–H and O–H groups in total. The van der Waals surface area contributed by atoms with E-state index in [4.69, 9.17) is 4.74 Å². The lowest BCUT2D eigenvalue weighted by atomic mass is 9.95. The van der Waals surface area contributed by atoms with E-state index < -0.39 is 0 Å². The molecule has 0 fully saturated rings. The molecule has 1 aliphatic heterocycles. The second kappa shape index (κ2) is 5.90. The zero-order chi connectivity index (χ0) is 14.8. The fraction of sp³-hybridized carbons (Fsp3) is 0.235. The molecule has 0 bridgehead atoms. The van der Waals surface area contributed by atoms with E-state index in [1.54, 1.807) is 0 Å². The van der Waals surface area contributed by atoms with Crippen molar-refractivity contribution in [3.8, 4) is 5.75 Å². The molecule has 1 heterocycles. The van der Waals surface area contributed by atoms with Gasteiger partial charge in [-0.15, -0.1) is 0 Å². The third-order valence-corrected chi connectivity index (χ3v) is 4.57. The van der Waals surface area contributed by atoms with Crippen molar-refractivity contribution < 1.29 is 9.53 Å². The summed E-state index contributed by atoms with van der Waals surface area (Å²) < 4.78 is 6.89. The van der Waals surface area contributed by atoms with Crippen LogP contribution < -0.4 is 10.1 Å². The van der Waals surface area contributed by atoms with Crippen molar-refractivity contribution in [3.63, 3.8) is 0 Å². The standard InChI is InChI=1S/C17H16BrNO2/c1-11-13-7-8-19-17(20)16(13)15(9-14(11)18)21-10-12-5-3-2-4-6-12/h2-6,9H,7-8,10H2,1H3,(H,19,20). The Morgan fingerprint density at radius 1 is 1.29 bits per heavy atom. The van der Waals surface area contributed by atoms with E-state index in [9.17, 15) is 4.79 Å². The van der Waals surface area contributed by atoms with Gasteiger partial charge in [0.25, 0.3) is 5.91 Å². The molecule has 108 valence electrons. The lowest BCUT2D eigenvalue weighted by Gasteiger charge is -2.22. The van der Waals surface area contributed by atoms with Gasteiger partial charge in [-0.25, -0.2) is 0 Å². The Labute approximate surface area is 132 Å². The summed E-state index contributed by atoms with van der Waals surface area (Å²) in [5, 5.41) is 2.89. The van der Waals surface area contributed by atoms with Crippen LogP contribution in [0.5, 0.6) is 5.75 Å². The monoisotopic (exact) mass is 345 g/mol. The lowest BCUT2D eigenvalue weighted by Crippen LogP contribution is -2.33. The van der Waals surface area contributed by atoms with Crippen molar-refractivity contribution in [1.29, 1.82) is 0 Å². The zero-order valence-corrected chi connectivity index (χ0v) is 13.4. The number of carbonyl (C=O) groups is 1. The van der Waals surface area contributed by atoms with E-state index >= 15 is 0 Å². The van der Waals surface area contributed by atoms with Crippen LogP contribution in [0.1, 0.15) is 27.0 Å². The summed E-state index contributed by atoms with van der Waals surface area (Å²) in [7, 11) is 0. The van der Waals surface area contributed by atoms with Crippen LogP contribution in [0.4, 0.5) is 0 Å². The minimum Gasteiger partial charge on any atom is -0.488 e. The van der Waals surface area contributed by atoms with Gasteiger partial charge in [0.15, 0.2) is 0 Å². The highest BCUT2D eigenvalue weighted by Crippen LogP contribution is 2.34. The number of rotatable bonds is 3. The summed E-state index contributed by atoms with van der Waals surface area (Å²) in [4.78, 5) is 12.2. The topological polar surface area (TPSA) is 38.3 Å². The fourth-order valence-electron chi connectivity index (χ4n) is 2.58. The maximum atomic E-state index is 12.2. The molecule has 0 saturated heterocycles. The Bertz CT molecular complexity index is 683. The molecule has 2 aromatic rings. The van der Waals surface area contributed by atoms with E-state index in [1.165, 1.54) is 0 Å². The summed E-state index contributed by atoms with van der Waals surface area (Å²) in [6.07, 6.45) is 0.841. The molecule has 0 atom stereocenters. The van der Waals surface area contributed by atoms with Crippen LogP contribution in [-0.4, -0.2) is 12.5 Å². The van der Waals surface area contributed by atoms with Gasteiger partial charge in [-0.3, -0.25) is 4.79 Å². The van der Waals surface area contributed by atoms with Gasteiger partial charge in [0.1, 0.15) is 12.4 Å². The average Bonchev–Trinajstić information content (AvgIpc) is 2.50. The molecule has 0 saturated carbocycles. The number of benzene rings is 2. The van der Waals surface area contributed by atoms with Crippen LogP contribution in [0.3, 0.4) is 0 Å². The molecule has 4 heteroatoms. The van der Waals surface area contributed by atoms with Crippen molar-refractivity contribution in [2.45, 2.75) is 20.0 Å². The smallest absolute Gasteiger partial charge is 0.255 e. The Kier molecular flexibility index (Phi) is 3.97. The van der Waals surface area contributed by atoms with Gasteiger partial charge in [-0.1, -0.05) is 46.3 Å².